The van der Waals surface area contributed by atoms with Crippen molar-refractivity contribution in [3.63, 3.8) is 0 Å². The van der Waals surface area contributed by atoms with Crippen molar-refractivity contribution >= 4 is 17.3 Å². The number of carbonyl (C=O) groups is 1. The summed E-state index contributed by atoms with van der Waals surface area (Å²) in [5, 5.41) is 2.53. The average Bonchev–Trinajstić information content (AvgIpc) is 2.53. The van der Waals surface area contributed by atoms with Crippen molar-refractivity contribution in [2.45, 2.75) is 19.6 Å². The predicted octanol–water partition coefficient (Wildman–Crippen LogP) is 3.61. The van der Waals surface area contributed by atoms with Gasteiger partial charge in [-0.1, -0.05) is 6.07 Å². The first kappa shape index (κ1) is 19.7. The summed E-state index contributed by atoms with van der Waals surface area (Å²) in [5.74, 6) is 4.88. The number of alkyl halides is 3. The maximum atomic E-state index is 13.1. The SMILES string of the molecule is Cc1ccc(C(=O)Nc2cc(CN(C)C)cc(C(F)(F)F)c2)cc1NN. The predicted molar refractivity (Wildman–Crippen MR) is 95.8 cm³/mol. The first-order valence-corrected chi connectivity index (χ1v) is 7.84. The molecule has 0 aromatic heterocycles. The lowest BCUT2D eigenvalue weighted by atomic mass is 10.1. The third-order valence-corrected chi connectivity index (χ3v) is 3.73. The summed E-state index contributed by atoms with van der Waals surface area (Å²) in [6, 6.07) is 8.36. The molecule has 0 saturated heterocycles. The summed E-state index contributed by atoms with van der Waals surface area (Å²) >= 11 is 0. The number of halogens is 3. The Kier molecular flexibility index (Phi) is 5.89. The van der Waals surface area contributed by atoms with Crippen molar-refractivity contribution in [1.29, 1.82) is 0 Å². The maximum absolute atomic E-state index is 13.1. The van der Waals surface area contributed by atoms with Crippen molar-refractivity contribution in [2.75, 3.05) is 24.8 Å². The van der Waals surface area contributed by atoms with Crippen LogP contribution in [0.1, 0.15) is 27.0 Å². The van der Waals surface area contributed by atoms with E-state index in [2.05, 4.69) is 10.7 Å². The van der Waals surface area contributed by atoms with Gasteiger partial charge in [0.1, 0.15) is 0 Å². The van der Waals surface area contributed by atoms with Gasteiger partial charge in [-0.3, -0.25) is 10.6 Å². The van der Waals surface area contributed by atoms with E-state index >= 15 is 0 Å². The van der Waals surface area contributed by atoms with E-state index in [4.69, 9.17) is 5.84 Å². The van der Waals surface area contributed by atoms with E-state index in [0.717, 1.165) is 17.7 Å². The Hall–Kier alpha value is -2.58. The summed E-state index contributed by atoms with van der Waals surface area (Å²) in [6.07, 6.45) is -4.50. The van der Waals surface area contributed by atoms with Crippen molar-refractivity contribution in [3.05, 3.63) is 58.7 Å². The largest absolute Gasteiger partial charge is 0.416 e. The molecule has 0 aliphatic carbocycles. The van der Waals surface area contributed by atoms with Crippen LogP contribution >= 0.6 is 0 Å². The van der Waals surface area contributed by atoms with Gasteiger partial charge in [0.25, 0.3) is 5.91 Å². The number of benzene rings is 2. The molecule has 2 aromatic carbocycles. The van der Waals surface area contributed by atoms with Crippen molar-refractivity contribution < 1.29 is 18.0 Å². The van der Waals surface area contributed by atoms with Crippen LogP contribution in [0.5, 0.6) is 0 Å². The van der Waals surface area contributed by atoms with Crippen molar-refractivity contribution in [1.82, 2.24) is 4.90 Å². The van der Waals surface area contributed by atoms with Crippen LogP contribution < -0.4 is 16.6 Å². The van der Waals surface area contributed by atoms with Crippen LogP contribution in [0, 0.1) is 6.92 Å². The number of rotatable bonds is 5. The molecule has 0 saturated carbocycles. The minimum Gasteiger partial charge on any atom is -0.324 e. The molecule has 140 valence electrons. The first-order valence-electron chi connectivity index (χ1n) is 7.84. The molecule has 8 heteroatoms. The normalized spacial score (nSPS) is 11.5. The van der Waals surface area contributed by atoms with E-state index < -0.39 is 17.6 Å². The molecule has 4 N–H and O–H groups in total. The van der Waals surface area contributed by atoms with Crippen LogP contribution in [0.15, 0.2) is 36.4 Å². The fraction of sp³-hybridized carbons (Fsp3) is 0.278. The van der Waals surface area contributed by atoms with Crippen LogP contribution in [0.25, 0.3) is 0 Å². The number of nitrogens with two attached hydrogens (primary N) is 1. The molecule has 26 heavy (non-hydrogen) atoms. The van der Waals surface area contributed by atoms with Gasteiger partial charge in [-0.2, -0.15) is 13.2 Å². The van der Waals surface area contributed by atoms with Crippen LogP contribution in [-0.4, -0.2) is 24.9 Å². The third-order valence-electron chi connectivity index (χ3n) is 3.73. The highest BCUT2D eigenvalue weighted by molar-refractivity contribution is 6.05. The zero-order valence-electron chi connectivity index (χ0n) is 14.7. The van der Waals surface area contributed by atoms with Crippen LogP contribution in [0.4, 0.5) is 24.5 Å². The highest BCUT2D eigenvalue weighted by Gasteiger charge is 2.31. The quantitative estimate of drug-likeness (QED) is 0.558. The minimum atomic E-state index is -4.50. The number of hydrogen-bond acceptors (Lipinski definition) is 4. The van der Waals surface area contributed by atoms with E-state index in [0.29, 0.717) is 17.8 Å². The average molecular weight is 366 g/mol. The lowest BCUT2D eigenvalue weighted by Gasteiger charge is -2.16. The van der Waals surface area contributed by atoms with Gasteiger partial charge < -0.3 is 15.6 Å². The number of anilines is 2. The van der Waals surface area contributed by atoms with E-state index in [9.17, 15) is 18.0 Å². The summed E-state index contributed by atoms with van der Waals surface area (Å²) in [4.78, 5) is 14.2. The Morgan fingerprint density at radius 2 is 1.85 bits per heavy atom. The number of hydrazine groups is 1. The Morgan fingerprint density at radius 1 is 1.15 bits per heavy atom. The van der Waals surface area contributed by atoms with Gasteiger partial charge in [-0.05, 0) is 62.5 Å². The Labute approximate surface area is 150 Å². The summed E-state index contributed by atoms with van der Waals surface area (Å²) in [5.41, 5.74) is 3.91. The molecule has 0 spiro atoms. The molecule has 5 nitrogen and oxygen atoms in total. The van der Waals surface area contributed by atoms with Gasteiger partial charge in [-0.15, -0.1) is 0 Å². The number of nitrogens with zero attached hydrogens (tertiary/aromatic N) is 1. The number of nitrogens with one attached hydrogen (secondary N) is 2. The fourth-order valence-electron chi connectivity index (χ4n) is 2.51. The van der Waals surface area contributed by atoms with Crippen molar-refractivity contribution in [3.8, 4) is 0 Å². The lowest BCUT2D eigenvalue weighted by molar-refractivity contribution is -0.137. The molecule has 0 atom stereocenters. The Balaban J connectivity index is 2.34. The minimum absolute atomic E-state index is 0.0875. The number of carbonyl (C=O) groups excluding carboxylic acids is 1. The van der Waals surface area contributed by atoms with Crippen molar-refractivity contribution in [2.24, 2.45) is 5.84 Å². The van der Waals surface area contributed by atoms with E-state index in [-0.39, 0.29) is 11.3 Å². The molecular formula is C18H21F3N4O. The second-order valence-electron chi connectivity index (χ2n) is 6.28. The Morgan fingerprint density at radius 3 is 2.42 bits per heavy atom. The molecule has 0 radical (unpaired) electrons. The van der Waals surface area contributed by atoms with Gasteiger partial charge in [-0.25, -0.2) is 0 Å². The second kappa shape index (κ2) is 7.76. The number of aryl methyl sites for hydroxylation is 1. The molecule has 0 fully saturated rings. The van der Waals surface area contributed by atoms with Gasteiger partial charge >= 0.3 is 6.18 Å². The van der Waals surface area contributed by atoms with E-state index in [1.165, 1.54) is 6.07 Å². The van der Waals surface area contributed by atoms with E-state index in [1.807, 2.05) is 6.92 Å². The topological polar surface area (TPSA) is 70.4 Å². The first-order chi connectivity index (χ1) is 12.1. The second-order valence-corrected chi connectivity index (χ2v) is 6.28. The molecule has 0 unspecified atom stereocenters. The third kappa shape index (κ3) is 4.96. The van der Waals surface area contributed by atoms with Crippen LogP contribution in [-0.2, 0) is 12.7 Å². The zero-order chi connectivity index (χ0) is 19.5. The number of hydrogen-bond donors (Lipinski definition) is 3. The molecule has 0 heterocycles. The summed E-state index contributed by atoms with van der Waals surface area (Å²) in [6.45, 7) is 2.13. The van der Waals surface area contributed by atoms with Gasteiger partial charge in [0.05, 0.1) is 11.3 Å². The lowest BCUT2D eigenvalue weighted by Crippen LogP contribution is -2.16. The monoisotopic (exact) mass is 366 g/mol. The Bertz CT molecular complexity index is 804. The fourth-order valence-corrected chi connectivity index (χ4v) is 2.51. The molecule has 0 aliphatic heterocycles. The smallest absolute Gasteiger partial charge is 0.324 e. The molecule has 1 amide bonds. The van der Waals surface area contributed by atoms with E-state index in [1.54, 1.807) is 37.2 Å². The van der Waals surface area contributed by atoms with Gasteiger partial charge in [0.2, 0.25) is 0 Å². The number of amides is 1. The number of nitrogen functional groups attached to an aromatic ring is 1. The molecule has 2 aromatic rings. The molecule has 0 bridgehead atoms. The van der Waals surface area contributed by atoms with Crippen LogP contribution in [0.2, 0.25) is 0 Å². The van der Waals surface area contributed by atoms with Gasteiger partial charge in [0.15, 0.2) is 0 Å². The highest BCUT2D eigenvalue weighted by Crippen LogP contribution is 2.32. The zero-order valence-corrected chi connectivity index (χ0v) is 14.7. The van der Waals surface area contributed by atoms with Crippen LogP contribution in [0.3, 0.4) is 0 Å². The van der Waals surface area contributed by atoms with Gasteiger partial charge in [0, 0.05) is 17.8 Å². The standard InChI is InChI=1S/C18H21F3N4O/c1-11-4-5-13(8-16(11)24-22)17(26)23-15-7-12(10-25(2)3)6-14(9-15)18(19,20)21/h4-9,24H,10,22H2,1-3H3,(H,23,26). The molecular weight excluding hydrogens is 345 g/mol. The summed E-state index contributed by atoms with van der Waals surface area (Å²) in [7, 11) is 3.51. The molecule has 2 rings (SSSR count). The highest BCUT2D eigenvalue weighted by atomic mass is 19.4. The molecule has 0 aliphatic rings. The maximum Gasteiger partial charge on any atom is 0.416 e. The summed E-state index contributed by atoms with van der Waals surface area (Å²) < 4.78 is 39.4.